The number of nitrogens with one attached hydrogen (secondary N) is 1. The molecule has 3 heterocycles. The third-order valence-electron chi connectivity index (χ3n) is 9.10. The molecule has 2 aromatic rings. The van der Waals surface area contributed by atoms with Crippen LogP contribution in [0.1, 0.15) is 82.3 Å². The molecule has 3 fully saturated rings. The molecule has 0 unspecified atom stereocenters. The standard InChI is InChI=1S/C32H44N4O4/c1-3-4-18-35-30(37)28(21-25-8-6-5-7-9-25)33-31(38)32(35)16-19-34(20-17-32)23-26-11-13-27(14-12-26)40-29-15-10-24(2)22-36(29)39/h10-15,22,25,28H,3-9,16-21,23H2,1-2H3,(H,33,38)/t28-/m0/s1. The molecule has 1 N–H and O–H groups in total. The van der Waals surface area contributed by atoms with Crippen molar-refractivity contribution in [3.63, 3.8) is 0 Å². The molecular formula is C32H44N4O4. The van der Waals surface area contributed by atoms with E-state index in [1.165, 1.54) is 38.3 Å². The number of rotatable bonds is 9. The van der Waals surface area contributed by atoms with Crippen molar-refractivity contribution in [3.05, 3.63) is 58.9 Å². The SMILES string of the molecule is CCCCN1C(=O)[C@H](CC2CCCCC2)NC(=O)C12CCN(Cc1ccc(Oc3ccc(C)c[n+]3[O-])cc1)CC2. The molecule has 2 amide bonds. The lowest BCUT2D eigenvalue weighted by atomic mass is 9.79. The zero-order chi connectivity index (χ0) is 28.1. The van der Waals surface area contributed by atoms with Crippen molar-refractivity contribution in [2.75, 3.05) is 19.6 Å². The minimum absolute atomic E-state index is 0.0527. The summed E-state index contributed by atoms with van der Waals surface area (Å²) in [5.41, 5.74) is 1.29. The molecule has 1 aromatic carbocycles. The maximum atomic E-state index is 13.8. The average Bonchev–Trinajstić information content (AvgIpc) is 2.96. The van der Waals surface area contributed by atoms with Crippen LogP contribution in [0.4, 0.5) is 0 Å². The Morgan fingerprint density at radius 1 is 1.05 bits per heavy atom. The second-order valence-corrected chi connectivity index (χ2v) is 12.0. The molecule has 1 aromatic heterocycles. The van der Waals surface area contributed by atoms with Gasteiger partial charge in [-0.1, -0.05) is 57.6 Å². The molecule has 2 aliphatic heterocycles. The summed E-state index contributed by atoms with van der Waals surface area (Å²) in [4.78, 5) is 31.8. The van der Waals surface area contributed by atoms with Crippen LogP contribution in [-0.4, -0.2) is 52.8 Å². The first kappa shape index (κ1) is 28.4. The second kappa shape index (κ2) is 12.6. The van der Waals surface area contributed by atoms with Crippen LogP contribution in [0.15, 0.2) is 42.6 Å². The number of carbonyl (C=O) groups is 2. The summed E-state index contributed by atoms with van der Waals surface area (Å²) >= 11 is 0. The van der Waals surface area contributed by atoms with E-state index in [0.29, 0.717) is 31.1 Å². The summed E-state index contributed by atoms with van der Waals surface area (Å²) in [7, 11) is 0. The number of hydrogen-bond acceptors (Lipinski definition) is 5. The highest BCUT2D eigenvalue weighted by molar-refractivity contribution is 6.00. The first-order chi connectivity index (χ1) is 19.4. The van der Waals surface area contributed by atoms with Crippen LogP contribution in [0.3, 0.4) is 0 Å². The molecular weight excluding hydrogens is 504 g/mol. The lowest BCUT2D eigenvalue weighted by Gasteiger charge is -2.52. The van der Waals surface area contributed by atoms with E-state index in [-0.39, 0.29) is 23.7 Å². The molecule has 1 atom stereocenters. The van der Waals surface area contributed by atoms with E-state index in [9.17, 15) is 14.8 Å². The lowest BCUT2D eigenvalue weighted by Crippen LogP contribution is -2.73. The minimum Gasteiger partial charge on any atom is -0.616 e. The number of hydrogen-bond donors (Lipinski definition) is 1. The third kappa shape index (κ3) is 6.27. The summed E-state index contributed by atoms with van der Waals surface area (Å²) < 4.78 is 6.50. The highest BCUT2D eigenvalue weighted by atomic mass is 16.6. The first-order valence-electron chi connectivity index (χ1n) is 15.2. The van der Waals surface area contributed by atoms with Crippen molar-refractivity contribution < 1.29 is 19.1 Å². The molecule has 5 rings (SSSR count). The van der Waals surface area contributed by atoms with E-state index in [0.717, 1.165) is 54.8 Å². The number of piperidine rings is 1. The average molecular weight is 549 g/mol. The molecule has 2 saturated heterocycles. The van der Waals surface area contributed by atoms with Crippen molar-refractivity contribution in [2.24, 2.45) is 5.92 Å². The Kier molecular flexibility index (Phi) is 8.94. The van der Waals surface area contributed by atoms with E-state index in [1.54, 1.807) is 6.07 Å². The van der Waals surface area contributed by atoms with Crippen LogP contribution in [0, 0.1) is 18.0 Å². The van der Waals surface area contributed by atoms with Crippen LogP contribution in [0.2, 0.25) is 0 Å². The van der Waals surface area contributed by atoms with Gasteiger partial charge in [-0.2, -0.15) is 0 Å². The van der Waals surface area contributed by atoms with Crippen LogP contribution < -0.4 is 14.8 Å². The number of unbranched alkanes of at least 4 members (excludes halogenated alkanes) is 1. The van der Waals surface area contributed by atoms with E-state index in [2.05, 4.69) is 17.1 Å². The first-order valence-corrected chi connectivity index (χ1v) is 15.2. The number of benzene rings is 1. The Balaban J connectivity index is 1.20. The highest BCUT2D eigenvalue weighted by Gasteiger charge is 2.53. The van der Waals surface area contributed by atoms with Gasteiger partial charge in [-0.05, 0) is 62.3 Å². The summed E-state index contributed by atoms with van der Waals surface area (Å²) in [5, 5.41) is 15.3. The zero-order valence-corrected chi connectivity index (χ0v) is 24.1. The summed E-state index contributed by atoms with van der Waals surface area (Å²) in [6.07, 6.45) is 11.6. The fourth-order valence-corrected chi connectivity index (χ4v) is 6.70. The van der Waals surface area contributed by atoms with Crippen LogP contribution in [-0.2, 0) is 16.1 Å². The zero-order valence-electron chi connectivity index (χ0n) is 24.1. The molecule has 216 valence electrons. The van der Waals surface area contributed by atoms with Crippen LogP contribution >= 0.6 is 0 Å². The predicted molar refractivity (Wildman–Crippen MR) is 154 cm³/mol. The smallest absolute Gasteiger partial charge is 0.384 e. The van der Waals surface area contributed by atoms with E-state index in [1.807, 2.05) is 42.2 Å². The van der Waals surface area contributed by atoms with E-state index in [4.69, 9.17) is 4.74 Å². The monoisotopic (exact) mass is 548 g/mol. The molecule has 8 nitrogen and oxygen atoms in total. The number of ether oxygens (including phenoxy) is 1. The van der Waals surface area contributed by atoms with Crippen molar-refractivity contribution in [1.29, 1.82) is 0 Å². The van der Waals surface area contributed by atoms with Gasteiger partial charge in [0.15, 0.2) is 6.20 Å². The van der Waals surface area contributed by atoms with Gasteiger partial charge in [0.2, 0.25) is 11.8 Å². The number of piperazine rings is 1. The number of aromatic nitrogens is 1. The van der Waals surface area contributed by atoms with Crippen molar-refractivity contribution in [2.45, 2.75) is 96.2 Å². The van der Waals surface area contributed by atoms with Gasteiger partial charge in [0.25, 0.3) is 0 Å². The summed E-state index contributed by atoms with van der Waals surface area (Å²) in [6, 6.07) is 11.0. The van der Waals surface area contributed by atoms with Gasteiger partial charge >= 0.3 is 5.88 Å². The van der Waals surface area contributed by atoms with Crippen LogP contribution in [0.25, 0.3) is 0 Å². The Hall–Kier alpha value is -3.13. The van der Waals surface area contributed by atoms with Gasteiger partial charge in [-0.25, -0.2) is 0 Å². The van der Waals surface area contributed by atoms with Crippen molar-refractivity contribution >= 4 is 11.8 Å². The Morgan fingerprint density at radius 3 is 2.45 bits per heavy atom. The fourth-order valence-electron chi connectivity index (χ4n) is 6.70. The van der Waals surface area contributed by atoms with Gasteiger partial charge in [0.05, 0.1) is 6.07 Å². The Labute approximate surface area is 238 Å². The highest BCUT2D eigenvalue weighted by Crippen LogP contribution is 2.36. The maximum Gasteiger partial charge on any atom is 0.384 e. The Morgan fingerprint density at radius 2 is 1.77 bits per heavy atom. The van der Waals surface area contributed by atoms with Gasteiger partial charge in [-0.15, -0.1) is 4.73 Å². The quantitative estimate of drug-likeness (QED) is 0.357. The number of aryl methyl sites for hydroxylation is 1. The number of likely N-dealkylation sites (tertiary alicyclic amines) is 1. The van der Waals surface area contributed by atoms with Crippen molar-refractivity contribution in [3.8, 4) is 11.6 Å². The number of amides is 2. The van der Waals surface area contributed by atoms with Gasteiger partial charge in [0, 0.05) is 31.7 Å². The second-order valence-electron chi connectivity index (χ2n) is 12.0. The number of carbonyl (C=O) groups excluding carboxylic acids is 2. The molecule has 3 aliphatic rings. The third-order valence-corrected chi connectivity index (χ3v) is 9.10. The molecule has 1 saturated carbocycles. The largest absolute Gasteiger partial charge is 0.616 e. The minimum atomic E-state index is -0.731. The normalized spacial score (nSPS) is 21.9. The maximum absolute atomic E-state index is 13.8. The predicted octanol–water partition coefficient (Wildman–Crippen LogP) is 4.85. The lowest BCUT2D eigenvalue weighted by molar-refractivity contribution is -0.611. The molecule has 8 heteroatoms. The molecule has 0 bridgehead atoms. The van der Waals surface area contributed by atoms with Gasteiger partial charge in [-0.3, -0.25) is 14.5 Å². The van der Waals surface area contributed by atoms with Crippen LogP contribution in [0.5, 0.6) is 11.6 Å². The fraction of sp³-hybridized carbons (Fsp3) is 0.594. The summed E-state index contributed by atoms with van der Waals surface area (Å²) in [5.74, 6) is 1.59. The topological polar surface area (TPSA) is 88.8 Å². The number of nitrogens with zero attached hydrogens (tertiary/aromatic N) is 3. The molecule has 1 spiro atoms. The summed E-state index contributed by atoms with van der Waals surface area (Å²) in [6.45, 7) is 6.94. The van der Waals surface area contributed by atoms with Gasteiger partial charge < -0.3 is 20.2 Å². The molecule has 0 radical (unpaired) electrons. The van der Waals surface area contributed by atoms with E-state index < -0.39 is 5.54 Å². The molecule has 1 aliphatic carbocycles. The van der Waals surface area contributed by atoms with Gasteiger partial charge in [0.1, 0.15) is 17.3 Å². The number of pyridine rings is 1. The molecule has 40 heavy (non-hydrogen) atoms. The van der Waals surface area contributed by atoms with E-state index >= 15 is 0 Å². The Bertz CT molecular complexity index is 1170. The van der Waals surface area contributed by atoms with Crippen molar-refractivity contribution in [1.82, 2.24) is 15.1 Å².